The summed E-state index contributed by atoms with van der Waals surface area (Å²) in [5, 5.41) is 4.94. The normalized spacial score (nSPS) is 18.1. The van der Waals surface area contributed by atoms with Crippen molar-refractivity contribution in [2.24, 2.45) is 11.0 Å². The van der Waals surface area contributed by atoms with Crippen molar-refractivity contribution in [3.05, 3.63) is 38.2 Å². The summed E-state index contributed by atoms with van der Waals surface area (Å²) in [6.07, 6.45) is 1.93. The smallest absolute Gasteiger partial charge is 0.124 e. The van der Waals surface area contributed by atoms with E-state index in [2.05, 4.69) is 35.7 Å². The van der Waals surface area contributed by atoms with Crippen molar-refractivity contribution in [1.82, 2.24) is 4.90 Å². The third-order valence-corrected chi connectivity index (χ3v) is 5.42. The van der Waals surface area contributed by atoms with Gasteiger partial charge in [0.1, 0.15) is 5.75 Å². The van der Waals surface area contributed by atoms with E-state index in [0.717, 1.165) is 31.5 Å². The molecule has 2 rings (SSSR count). The molecule has 0 N–H and O–H groups in total. The van der Waals surface area contributed by atoms with Crippen LogP contribution in [0.25, 0.3) is 10.4 Å². The topological polar surface area (TPSA) is 61.2 Å². The first-order valence-electron chi connectivity index (χ1n) is 8.10. The number of nitrogens with zero attached hydrogens (tertiary/aromatic N) is 4. The van der Waals surface area contributed by atoms with Crippen molar-refractivity contribution >= 4 is 23.2 Å². The van der Waals surface area contributed by atoms with Crippen molar-refractivity contribution in [1.29, 1.82) is 0 Å². The van der Waals surface area contributed by atoms with Crippen LogP contribution in [0.15, 0.2) is 17.2 Å². The molecule has 5 nitrogen and oxygen atoms in total. The second-order valence-electron chi connectivity index (χ2n) is 7.15. The van der Waals surface area contributed by atoms with E-state index >= 15 is 0 Å². The molecule has 1 aromatic rings. The molecule has 0 saturated carbocycles. The van der Waals surface area contributed by atoms with Crippen molar-refractivity contribution in [3.8, 4) is 5.75 Å². The number of azide groups is 1. The summed E-state index contributed by atoms with van der Waals surface area (Å²) in [5.74, 6) is 0.866. The maximum atomic E-state index is 9.05. The molecular weight excluding hydrogens is 347 g/mol. The third-order valence-electron chi connectivity index (χ3n) is 4.70. The number of hydrogen-bond donors (Lipinski definition) is 0. The standard InChI is InChI=1S/C17H24Cl2N4O/c1-17(2,3)23-7-5-11(6-8-23)16(21-22-20)12-9-13(18)14(19)10-15(12)24-4/h9-11,16H,5-8H2,1-4H3. The number of ether oxygens (including phenoxy) is 1. The first kappa shape index (κ1) is 19.2. The van der Waals surface area contributed by atoms with E-state index in [9.17, 15) is 0 Å². The van der Waals surface area contributed by atoms with Gasteiger partial charge in [0.2, 0.25) is 0 Å². The quantitative estimate of drug-likeness (QED) is 0.378. The minimum absolute atomic E-state index is 0.153. The van der Waals surface area contributed by atoms with E-state index in [0.29, 0.717) is 15.8 Å². The molecule has 1 heterocycles. The van der Waals surface area contributed by atoms with E-state index in [1.54, 1.807) is 19.2 Å². The van der Waals surface area contributed by atoms with Gasteiger partial charge in [-0.1, -0.05) is 28.3 Å². The van der Waals surface area contributed by atoms with Crippen LogP contribution >= 0.6 is 23.2 Å². The maximum Gasteiger partial charge on any atom is 0.124 e. The highest BCUT2D eigenvalue weighted by Crippen LogP contribution is 2.42. The highest BCUT2D eigenvalue weighted by molar-refractivity contribution is 6.42. The van der Waals surface area contributed by atoms with Crippen LogP contribution in [-0.2, 0) is 0 Å². The fourth-order valence-electron chi connectivity index (χ4n) is 3.30. The summed E-state index contributed by atoms with van der Waals surface area (Å²) in [7, 11) is 1.58. The lowest BCUT2D eigenvalue weighted by molar-refractivity contribution is 0.0805. The second-order valence-corrected chi connectivity index (χ2v) is 7.97. The van der Waals surface area contributed by atoms with Crippen LogP contribution in [0.4, 0.5) is 0 Å². The second kappa shape index (κ2) is 7.83. The molecule has 1 saturated heterocycles. The van der Waals surface area contributed by atoms with Crippen molar-refractivity contribution < 1.29 is 4.74 Å². The summed E-state index contributed by atoms with van der Waals surface area (Å²) in [6, 6.07) is 3.14. The summed E-state index contributed by atoms with van der Waals surface area (Å²) in [5.41, 5.74) is 10.0. The highest BCUT2D eigenvalue weighted by atomic mass is 35.5. The number of hydrogen-bond acceptors (Lipinski definition) is 3. The first-order valence-corrected chi connectivity index (χ1v) is 8.85. The lowest BCUT2D eigenvalue weighted by atomic mass is 9.84. The van der Waals surface area contributed by atoms with Crippen LogP contribution in [0.2, 0.25) is 10.0 Å². The van der Waals surface area contributed by atoms with Gasteiger partial charge in [-0.05, 0) is 64.2 Å². The lowest BCUT2D eigenvalue weighted by Crippen LogP contribution is -2.46. The summed E-state index contributed by atoms with van der Waals surface area (Å²) >= 11 is 12.3. The fourth-order valence-corrected chi connectivity index (χ4v) is 3.63. The van der Waals surface area contributed by atoms with E-state index in [1.165, 1.54) is 0 Å². The molecular formula is C17H24Cl2N4O. The number of piperidine rings is 1. The van der Waals surface area contributed by atoms with Gasteiger partial charge >= 0.3 is 0 Å². The van der Waals surface area contributed by atoms with Crippen molar-refractivity contribution in [2.45, 2.75) is 45.2 Å². The van der Waals surface area contributed by atoms with Crippen LogP contribution in [-0.4, -0.2) is 30.6 Å². The van der Waals surface area contributed by atoms with Crippen molar-refractivity contribution in [2.75, 3.05) is 20.2 Å². The fraction of sp³-hybridized carbons (Fsp3) is 0.647. The molecule has 1 atom stereocenters. The van der Waals surface area contributed by atoms with Crippen molar-refractivity contribution in [3.63, 3.8) is 0 Å². The largest absolute Gasteiger partial charge is 0.496 e. The lowest BCUT2D eigenvalue weighted by Gasteiger charge is -2.42. The zero-order valence-electron chi connectivity index (χ0n) is 14.6. The Morgan fingerprint density at radius 1 is 1.25 bits per heavy atom. The van der Waals surface area contributed by atoms with Crippen LogP contribution in [0, 0.1) is 5.92 Å². The first-order chi connectivity index (χ1) is 11.3. The van der Waals surface area contributed by atoms with Gasteiger partial charge in [-0.25, -0.2) is 0 Å². The SMILES string of the molecule is COc1cc(Cl)c(Cl)cc1C(N=[N+]=[N-])C1CCN(C(C)(C)C)CC1. The minimum Gasteiger partial charge on any atom is -0.496 e. The van der Waals surface area contributed by atoms with Crippen LogP contribution in [0.3, 0.4) is 0 Å². The Labute approximate surface area is 153 Å². The van der Waals surface area contributed by atoms with Crippen LogP contribution in [0.5, 0.6) is 5.75 Å². The summed E-state index contributed by atoms with van der Waals surface area (Å²) < 4.78 is 5.44. The van der Waals surface area contributed by atoms with E-state index in [1.807, 2.05) is 0 Å². The van der Waals surface area contributed by atoms with E-state index < -0.39 is 0 Å². The molecule has 1 aliphatic heterocycles. The third kappa shape index (κ3) is 4.28. The average molecular weight is 371 g/mol. The molecule has 0 amide bonds. The van der Waals surface area contributed by atoms with E-state index in [4.69, 9.17) is 33.5 Å². The Hall–Kier alpha value is -1.13. The molecule has 0 aliphatic carbocycles. The van der Waals surface area contributed by atoms with Gasteiger partial charge in [-0.15, -0.1) is 0 Å². The minimum atomic E-state index is -0.304. The number of likely N-dealkylation sites (tertiary alicyclic amines) is 1. The highest BCUT2D eigenvalue weighted by Gasteiger charge is 2.32. The van der Waals surface area contributed by atoms with Gasteiger partial charge in [-0.3, -0.25) is 4.90 Å². The maximum absolute atomic E-state index is 9.05. The molecule has 0 radical (unpaired) electrons. The Morgan fingerprint density at radius 2 is 1.83 bits per heavy atom. The monoisotopic (exact) mass is 370 g/mol. The van der Waals surface area contributed by atoms with Crippen LogP contribution in [0.1, 0.15) is 45.2 Å². The van der Waals surface area contributed by atoms with Gasteiger partial charge in [0.15, 0.2) is 0 Å². The molecule has 1 fully saturated rings. The van der Waals surface area contributed by atoms with E-state index in [-0.39, 0.29) is 17.5 Å². The Bertz CT molecular complexity index is 630. The van der Waals surface area contributed by atoms with Crippen LogP contribution < -0.4 is 4.74 Å². The Balaban J connectivity index is 2.29. The molecule has 1 aromatic carbocycles. The van der Waals surface area contributed by atoms with Gasteiger partial charge in [0.25, 0.3) is 0 Å². The Morgan fingerprint density at radius 3 is 2.33 bits per heavy atom. The molecule has 0 spiro atoms. The number of methoxy groups -OCH3 is 1. The molecule has 24 heavy (non-hydrogen) atoms. The van der Waals surface area contributed by atoms with Gasteiger partial charge in [0.05, 0.1) is 23.2 Å². The zero-order chi connectivity index (χ0) is 17.9. The van der Waals surface area contributed by atoms with Gasteiger partial charge < -0.3 is 4.74 Å². The summed E-state index contributed by atoms with van der Waals surface area (Å²) in [6.45, 7) is 8.63. The predicted octanol–water partition coefficient (Wildman–Crippen LogP) is 5.86. The molecule has 1 unspecified atom stereocenters. The number of benzene rings is 1. The number of rotatable bonds is 4. The average Bonchev–Trinajstić information content (AvgIpc) is 2.54. The predicted molar refractivity (Wildman–Crippen MR) is 99.0 cm³/mol. The summed E-state index contributed by atoms with van der Waals surface area (Å²) in [4.78, 5) is 5.52. The Kier molecular flexibility index (Phi) is 6.27. The molecule has 1 aliphatic rings. The molecule has 7 heteroatoms. The van der Waals surface area contributed by atoms with Gasteiger partial charge in [-0.2, -0.15) is 0 Å². The molecule has 0 bridgehead atoms. The van der Waals surface area contributed by atoms with Gasteiger partial charge in [0, 0.05) is 22.1 Å². The number of halogens is 2. The molecule has 132 valence electrons. The zero-order valence-corrected chi connectivity index (χ0v) is 16.1. The molecule has 0 aromatic heterocycles.